The Bertz CT molecular complexity index is 1030. The van der Waals surface area contributed by atoms with Crippen molar-refractivity contribution >= 4 is 45.0 Å². The molecular formula is C16H13N7OS. The van der Waals surface area contributed by atoms with Crippen LogP contribution in [0.25, 0.3) is 15.3 Å². The molecule has 0 fully saturated rings. The largest absolute Gasteiger partial charge is 0.366 e. The number of anilines is 3. The second-order valence-electron chi connectivity index (χ2n) is 5.24. The number of rotatable bonds is 4. The Balaban J connectivity index is 1.70. The molecule has 2 heterocycles. The Morgan fingerprint density at radius 3 is 2.56 bits per heavy atom. The summed E-state index contributed by atoms with van der Waals surface area (Å²) < 4.78 is 2.60. The standard InChI is InChI=1S/C16H13N7OS/c17-13(24)9-5-7-10(8-6-9)19-15-21-14(18)22-23(15)16-20-11-3-1-2-4-12(11)25-16/h1-8H,(H2,17,24)(H3,18,19,21,22). The molecule has 4 aromatic rings. The fourth-order valence-corrected chi connectivity index (χ4v) is 3.26. The van der Waals surface area contributed by atoms with Gasteiger partial charge in [-0.15, -0.1) is 5.10 Å². The van der Waals surface area contributed by atoms with Crippen molar-refractivity contribution in [1.82, 2.24) is 19.7 Å². The molecule has 0 unspecified atom stereocenters. The second-order valence-corrected chi connectivity index (χ2v) is 6.25. The predicted octanol–water partition coefficient (Wildman–Crippen LogP) is 2.30. The lowest BCUT2D eigenvalue weighted by Gasteiger charge is -2.06. The van der Waals surface area contributed by atoms with E-state index in [1.54, 1.807) is 28.9 Å². The zero-order valence-electron chi connectivity index (χ0n) is 12.9. The van der Waals surface area contributed by atoms with Gasteiger partial charge < -0.3 is 16.8 Å². The third kappa shape index (κ3) is 2.88. The van der Waals surface area contributed by atoms with Crippen LogP contribution in [0.2, 0.25) is 0 Å². The number of nitrogens with one attached hydrogen (secondary N) is 1. The molecule has 9 heteroatoms. The molecule has 0 aliphatic rings. The van der Waals surface area contributed by atoms with Crippen LogP contribution in [0.4, 0.5) is 17.6 Å². The van der Waals surface area contributed by atoms with Gasteiger partial charge in [0, 0.05) is 11.3 Å². The molecular weight excluding hydrogens is 338 g/mol. The first-order valence-electron chi connectivity index (χ1n) is 7.35. The first-order chi connectivity index (χ1) is 12.1. The lowest BCUT2D eigenvalue weighted by molar-refractivity contribution is 0.100. The fraction of sp³-hybridized carbons (Fsp3) is 0. The average molecular weight is 351 g/mol. The number of aromatic nitrogens is 4. The number of nitrogens with zero attached hydrogens (tertiary/aromatic N) is 4. The second kappa shape index (κ2) is 5.87. The Labute approximate surface area is 146 Å². The predicted molar refractivity (Wildman–Crippen MR) is 97.2 cm³/mol. The van der Waals surface area contributed by atoms with Crippen LogP contribution in [-0.2, 0) is 0 Å². The molecule has 0 atom stereocenters. The van der Waals surface area contributed by atoms with Crippen LogP contribution < -0.4 is 16.8 Å². The van der Waals surface area contributed by atoms with Crippen molar-refractivity contribution in [2.45, 2.75) is 0 Å². The summed E-state index contributed by atoms with van der Waals surface area (Å²) in [5, 5.41) is 7.99. The average Bonchev–Trinajstić information content (AvgIpc) is 3.18. The summed E-state index contributed by atoms with van der Waals surface area (Å²) in [6.07, 6.45) is 0. The van der Waals surface area contributed by atoms with Crippen LogP contribution in [0.1, 0.15) is 10.4 Å². The number of carbonyl (C=O) groups is 1. The monoisotopic (exact) mass is 351 g/mol. The summed E-state index contributed by atoms with van der Waals surface area (Å²) >= 11 is 1.49. The summed E-state index contributed by atoms with van der Waals surface area (Å²) in [4.78, 5) is 19.9. The molecule has 2 aromatic heterocycles. The normalized spacial score (nSPS) is 10.9. The molecule has 0 spiro atoms. The highest BCUT2D eigenvalue weighted by Gasteiger charge is 2.14. The highest BCUT2D eigenvalue weighted by molar-refractivity contribution is 7.20. The highest BCUT2D eigenvalue weighted by atomic mass is 32.1. The number of nitrogens with two attached hydrogens (primary N) is 2. The minimum absolute atomic E-state index is 0.135. The molecule has 0 aliphatic heterocycles. The lowest BCUT2D eigenvalue weighted by Crippen LogP contribution is -2.10. The summed E-state index contributed by atoms with van der Waals surface area (Å²) in [5.41, 5.74) is 13.0. The number of fused-ring (bicyclic) bond motifs is 1. The minimum Gasteiger partial charge on any atom is -0.366 e. The number of benzene rings is 2. The minimum atomic E-state index is -0.478. The maximum atomic E-state index is 11.2. The van der Waals surface area contributed by atoms with Crippen molar-refractivity contribution in [2.75, 3.05) is 11.1 Å². The van der Waals surface area contributed by atoms with E-state index in [1.165, 1.54) is 11.3 Å². The molecule has 25 heavy (non-hydrogen) atoms. The van der Waals surface area contributed by atoms with Gasteiger partial charge in [0.25, 0.3) is 0 Å². The summed E-state index contributed by atoms with van der Waals surface area (Å²) in [5.74, 6) is 0.0901. The van der Waals surface area contributed by atoms with E-state index < -0.39 is 5.91 Å². The van der Waals surface area contributed by atoms with Crippen molar-refractivity contribution in [2.24, 2.45) is 5.73 Å². The first kappa shape index (κ1) is 15.1. The number of nitrogen functional groups attached to an aromatic ring is 1. The molecule has 0 saturated heterocycles. The van der Waals surface area contributed by atoms with Crippen LogP contribution in [-0.4, -0.2) is 25.7 Å². The van der Waals surface area contributed by atoms with Crippen molar-refractivity contribution < 1.29 is 4.79 Å². The summed E-state index contributed by atoms with van der Waals surface area (Å²) in [6, 6.07) is 14.5. The third-order valence-electron chi connectivity index (χ3n) is 3.51. The van der Waals surface area contributed by atoms with Gasteiger partial charge in [-0.1, -0.05) is 23.5 Å². The van der Waals surface area contributed by atoms with Crippen LogP contribution in [0.15, 0.2) is 48.5 Å². The van der Waals surface area contributed by atoms with Gasteiger partial charge in [0.1, 0.15) is 0 Å². The molecule has 4 rings (SSSR count). The van der Waals surface area contributed by atoms with E-state index in [9.17, 15) is 4.79 Å². The number of amides is 1. The maximum absolute atomic E-state index is 11.2. The molecule has 8 nitrogen and oxygen atoms in total. The van der Waals surface area contributed by atoms with Crippen LogP contribution in [0, 0.1) is 0 Å². The van der Waals surface area contributed by atoms with Crippen molar-refractivity contribution in [3.8, 4) is 5.13 Å². The molecule has 0 saturated carbocycles. The van der Waals surface area contributed by atoms with E-state index >= 15 is 0 Å². The van der Waals surface area contributed by atoms with E-state index in [0.29, 0.717) is 16.6 Å². The van der Waals surface area contributed by atoms with E-state index in [1.807, 2.05) is 24.3 Å². The van der Waals surface area contributed by atoms with Crippen LogP contribution >= 0.6 is 11.3 Å². The molecule has 0 radical (unpaired) electrons. The Morgan fingerprint density at radius 1 is 1.08 bits per heavy atom. The van der Waals surface area contributed by atoms with Gasteiger partial charge in [-0.2, -0.15) is 9.67 Å². The van der Waals surface area contributed by atoms with Crippen LogP contribution in [0.3, 0.4) is 0 Å². The molecule has 0 bridgehead atoms. The van der Waals surface area contributed by atoms with Gasteiger partial charge in [0.15, 0.2) is 0 Å². The lowest BCUT2D eigenvalue weighted by atomic mass is 10.2. The quantitative estimate of drug-likeness (QED) is 0.518. The molecule has 0 aliphatic carbocycles. The molecule has 1 amide bonds. The van der Waals surface area contributed by atoms with Gasteiger partial charge in [0.05, 0.1) is 10.2 Å². The Morgan fingerprint density at radius 2 is 1.84 bits per heavy atom. The van der Waals surface area contributed by atoms with Crippen molar-refractivity contribution in [3.05, 3.63) is 54.1 Å². The van der Waals surface area contributed by atoms with Crippen molar-refractivity contribution in [3.63, 3.8) is 0 Å². The van der Waals surface area contributed by atoms with E-state index in [2.05, 4.69) is 20.4 Å². The number of hydrogen-bond donors (Lipinski definition) is 3. The fourth-order valence-electron chi connectivity index (χ4n) is 2.34. The topological polar surface area (TPSA) is 125 Å². The molecule has 124 valence electrons. The van der Waals surface area contributed by atoms with E-state index in [0.717, 1.165) is 15.9 Å². The molecule has 5 N–H and O–H groups in total. The smallest absolute Gasteiger partial charge is 0.248 e. The number of thiazole rings is 1. The van der Waals surface area contributed by atoms with Gasteiger partial charge >= 0.3 is 0 Å². The third-order valence-corrected chi connectivity index (χ3v) is 4.52. The number of hydrogen-bond acceptors (Lipinski definition) is 7. The van der Waals surface area contributed by atoms with Gasteiger partial charge in [0.2, 0.25) is 22.9 Å². The van der Waals surface area contributed by atoms with Crippen LogP contribution in [0.5, 0.6) is 0 Å². The SMILES string of the molecule is NC(=O)c1ccc(Nc2nc(N)nn2-c2nc3ccccc3s2)cc1. The summed E-state index contributed by atoms with van der Waals surface area (Å²) in [6.45, 7) is 0. The van der Waals surface area contributed by atoms with Crippen molar-refractivity contribution in [1.29, 1.82) is 0 Å². The maximum Gasteiger partial charge on any atom is 0.248 e. The van der Waals surface area contributed by atoms with Gasteiger partial charge in [-0.3, -0.25) is 4.79 Å². The molecule has 2 aromatic carbocycles. The first-order valence-corrected chi connectivity index (χ1v) is 8.17. The van der Waals surface area contributed by atoms with E-state index in [4.69, 9.17) is 11.5 Å². The summed E-state index contributed by atoms with van der Waals surface area (Å²) in [7, 11) is 0. The zero-order valence-corrected chi connectivity index (χ0v) is 13.7. The number of carbonyl (C=O) groups excluding carboxylic acids is 1. The highest BCUT2D eigenvalue weighted by Crippen LogP contribution is 2.27. The van der Waals surface area contributed by atoms with Gasteiger partial charge in [-0.25, -0.2) is 4.98 Å². The number of para-hydroxylation sites is 1. The Hall–Kier alpha value is -3.46. The van der Waals surface area contributed by atoms with Gasteiger partial charge in [-0.05, 0) is 36.4 Å². The number of primary amides is 1. The van der Waals surface area contributed by atoms with E-state index in [-0.39, 0.29) is 5.95 Å². The zero-order chi connectivity index (χ0) is 17.4. The Kier molecular flexibility index (Phi) is 3.55.